The van der Waals surface area contributed by atoms with Crippen molar-refractivity contribution in [2.45, 2.75) is 38.1 Å². The van der Waals surface area contributed by atoms with E-state index in [1.165, 1.54) is 0 Å². The van der Waals surface area contributed by atoms with E-state index in [0.717, 1.165) is 18.4 Å². The largest absolute Gasteiger partial charge is 0.480 e. The molecule has 1 heterocycles. The molecule has 0 aliphatic heterocycles. The second-order valence-corrected chi connectivity index (χ2v) is 6.70. The van der Waals surface area contributed by atoms with Gasteiger partial charge in [0.25, 0.3) is 0 Å². The molecule has 7 heteroatoms. The number of aromatic nitrogens is 1. The number of aliphatic carboxylic acids is 1. The smallest absolute Gasteiger partial charge is 0.326 e. The van der Waals surface area contributed by atoms with Crippen LogP contribution in [0.5, 0.6) is 0 Å². The van der Waals surface area contributed by atoms with Gasteiger partial charge < -0.3 is 14.8 Å². The Morgan fingerprint density at radius 2 is 2.04 bits per heavy atom. The van der Waals surface area contributed by atoms with Crippen molar-refractivity contribution in [3.8, 4) is 11.3 Å². The van der Waals surface area contributed by atoms with E-state index in [2.05, 4.69) is 10.3 Å². The molecule has 1 saturated carbocycles. The molecule has 1 aliphatic carbocycles. The molecular formula is C18H19ClN2O4. The molecular weight excluding hydrogens is 344 g/mol. The van der Waals surface area contributed by atoms with E-state index in [1.807, 2.05) is 12.1 Å². The Kier molecular flexibility index (Phi) is 5.38. The van der Waals surface area contributed by atoms with Crippen LogP contribution in [0.3, 0.4) is 0 Å². The van der Waals surface area contributed by atoms with Gasteiger partial charge in [-0.05, 0) is 36.6 Å². The number of nitrogens with one attached hydrogen (secondary N) is 1. The third-order valence-corrected chi connectivity index (χ3v) is 4.40. The summed E-state index contributed by atoms with van der Waals surface area (Å²) in [5.74, 6) is 0.175. The summed E-state index contributed by atoms with van der Waals surface area (Å²) in [5.41, 5.74) is 0.850. The first-order valence-corrected chi connectivity index (χ1v) is 8.62. The van der Waals surface area contributed by atoms with Crippen LogP contribution in [0.25, 0.3) is 11.3 Å². The number of nitrogens with zero attached hydrogens (tertiary/aromatic N) is 1. The molecule has 1 aromatic carbocycles. The Balaban J connectivity index is 1.51. The average molecular weight is 363 g/mol. The second-order valence-electron chi connectivity index (χ2n) is 6.26. The zero-order valence-corrected chi connectivity index (χ0v) is 14.3. The predicted octanol–water partition coefficient (Wildman–Crippen LogP) is 3.30. The van der Waals surface area contributed by atoms with Gasteiger partial charge in [-0.2, -0.15) is 0 Å². The van der Waals surface area contributed by atoms with Crippen LogP contribution in [0.2, 0.25) is 5.02 Å². The number of amides is 1. The van der Waals surface area contributed by atoms with Crippen LogP contribution >= 0.6 is 11.6 Å². The number of hydrogen-bond acceptors (Lipinski definition) is 4. The zero-order chi connectivity index (χ0) is 17.8. The average Bonchev–Trinajstić information content (AvgIpc) is 3.28. The lowest BCUT2D eigenvalue weighted by atomic mass is 10.1. The fourth-order valence-electron chi connectivity index (χ4n) is 2.57. The molecule has 0 saturated heterocycles. The van der Waals surface area contributed by atoms with Crippen molar-refractivity contribution in [3.63, 3.8) is 0 Å². The Hall–Kier alpha value is -2.34. The Morgan fingerprint density at radius 3 is 2.68 bits per heavy atom. The van der Waals surface area contributed by atoms with E-state index < -0.39 is 12.0 Å². The van der Waals surface area contributed by atoms with Crippen LogP contribution in [0.1, 0.15) is 31.6 Å². The maximum absolute atomic E-state index is 12.0. The highest BCUT2D eigenvalue weighted by Gasteiger charge is 2.30. The number of carboxylic acid groups (broad SMARTS) is 1. The molecule has 132 valence electrons. The van der Waals surface area contributed by atoms with Crippen LogP contribution in [-0.2, 0) is 16.0 Å². The lowest BCUT2D eigenvalue weighted by Gasteiger charge is -2.13. The molecule has 1 aliphatic rings. The molecule has 0 radical (unpaired) electrons. The number of carbonyl (C=O) groups is 2. The number of benzene rings is 1. The topological polar surface area (TPSA) is 92.4 Å². The normalized spacial score (nSPS) is 14.9. The third-order valence-electron chi connectivity index (χ3n) is 4.15. The molecule has 2 aromatic rings. The fraction of sp³-hybridized carbons (Fsp3) is 0.389. The van der Waals surface area contributed by atoms with Gasteiger partial charge in [-0.25, -0.2) is 9.78 Å². The first-order valence-electron chi connectivity index (χ1n) is 8.24. The summed E-state index contributed by atoms with van der Waals surface area (Å²) in [6.45, 7) is 0. The maximum Gasteiger partial charge on any atom is 0.326 e. The van der Waals surface area contributed by atoms with Crippen molar-refractivity contribution in [2.24, 2.45) is 5.92 Å². The van der Waals surface area contributed by atoms with Crippen molar-refractivity contribution in [3.05, 3.63) is 41.4 Å². The van der Waals surface area contributed by atoms with Crippen molar-refractivity contribution in [2.75, 3.05) is 0 Å². The summed E-state index contributed by atoms with van der Waals surface area (Å²) in [6.07, 6.45) is 4.64. The van der Waals surface area contributed by atoms with Crippen LogP contribution in [-0.4, -0.2) is 28.0 Å². The molecule has 1 unspecified atom stereocenters. The maximum atomic E-state index is 12.0. The molecule has 1 aromatic heterocycles. The summed E-state index contributed by atoms with van der Waals surface area (Å²) in [6, 6.07) is 6.37. The Labute approximate surface area is 150 Å². The van der Waals surface area contributed by atoms with E-state index in [9.17, 15) is 14.7 Å². The lowest BCUT2D eigenvalue weighted by Crippen LogP contribution is -2.41. The van der Waals surface area contributed by atoms with Crippen LogP contribution in [0, 0.1) is 5.92 Å². The third kappa shape index (κ3) is 5.06. The number of hydrogen-bond donors (Lipinski definition) is 2. The van der Waals surface area contributed by atoms with E-state index in [4.69, 9.17) is 16.0 Å². The second kappa shape index (κ2) is 7.70. The minimum Gasteiger partial charge on any atom is -0.480 e. The molecule has 2 N–H and O–H groups in total. The Bertz CT molecular complexity index is 753. The molecule has 6 nitrogen and oxygen atoms in total. The van der Waals surface area contributed by atoms with Crippen LogP contribution in [0.4, 0.5) is 0 Å². The summed E-state index contributed by atoms with van der Waals surface area (Å²) >= 11 is 5.86. The van der Waals surface area contributed by atoms with Crippen molar-refractivity contribution in [1.29, 1.82) is 0 Å². The van der Waals surface area contributed by atoms with E-state index in [0.29, 0.717) is 35.4 Å². The molecule has 1 atom stereocenters. The van der Waals surface area contributed by atoms with Gasteiger partial charge in [-0.15, -0.1) is 0 Å². The summed E-state index contributed by atoms with van der Waals surface area (Å²) in [7, 11) is 0. The van der Waals surface area contributed by atoms with Crippen molar-refractivity contribution in [1.82, 2.24) is 10.3 Å². The molecule has 1 fully saturated rings. The van der Waals surface area contributed by atoms with Gasteiger partial charge in [-0.1, -0.05) is 24.4 Å². The number of carboxylic acids is 1. The molecule has 3 rings (SSSR count). The van der Waals surface area contributed by atoms with E-state index in [-0.39, 0.29) is 12.3 Å². The number of aryl methyl sites for hydroxylation is 1. The van der Waals surface area contributed by atoms with Gasteiger partial charge in [0.1, 0.15) is 6.04 Å². The molecule has 0 bridgehead atoms. The first kappa shape index (κ1) is 17.5. The summed E-state index contributed by atoms with van der Waals surface area (Å²) in [4.78, 5) is 27.4. The quantitative estimate of drug-likeness (QED) is 0.751. The number of rotatable bonds is 8. The summed E-state index contributed by atoms with van der Waals surface area (Å²) in [5, 5.41) is 12.4. The molecule has 0 spiro atoms. The Morgan fingerprint density at radius 1 is 1.32 bits per heavy atom. The molecule has 1 amide bonds. The minimum absolute atomic E-state index is 0.134. The standard InChI is InChI=1S/C18H19ClN2O4/c19-13-5-3-12(4-6-13)15-10-20-17(25-15)8-7-16(22)21-14(18(23)24)9-11-1-2-11/h3-6,10-11,14H,1-2,7-9H2,(H,21,22)(H,23,24). The number of oxazole rings is 1. The highest BCUT2D eigenvalue weighted by molar-refractivity contribution is 6.30. The van der Waals surface area contributed by atoms with Crippen molar-refractivity contribution < 1.29 is 19.1 Å². The van der Waals surface area contributed by atoms with Gasteiger partial charge in [-0.3, -0.25) is 4.79 Å². The summed E-state index contributed by atoms with van der Waals surface area (Å²) < 4.78 is 5.64. The number of carbonyl (C=O) groups excluding carboxylic acids is 1. The van der Waals surface area contributed by atoms with Gasteiger partial charge in [0.15, 0.2) is 11.7 Å². The van der Waals surface area contributed by atoms with Gasteiger partial charge >= 0.3 is 5.97 Å². The number of halogens is 1. The van der Waals surface area contributed by atoms with E-state index in [1.54, 1.807) is 18.3 Å². The van der Waals surface area contributed by atoms with Gasteiger partial charge in [0.2, 0.25) is 5.91 Å². The predicted molar refractivity (Wildman–Crippen MR) is 92.2 cm³/mol. The SMILES string of the molecule is O=C(CCc1ncc(-c2ccc(Cl)cc2)o1)NC(CC1CC1)C(=O)O. The first-order chi connectivity index (χ1) is 12.0. The van der Waals surface area contributed by atoms with E-state index >= 15 is 0 Å². The van der Waals surface area contributed by atoms with Gasteiger partial charge in [0, 0.05) is 23.4 Å². The van der Waals surface area contributed by atoms with Crippen LogP contribution in [0.15, 0.2) is 34.9 Å². The van der Waals surface area contributed by atoms with Crippen molar-refractivity contribution >= 4 is 23.5 Å². The lowest BCUT2D eigenvalue weighted by molar-refractivity contribution is -0.142. The fourth-order valence-corrected chi connectivity index (χ4v) is 2.69. The van der Waals surface area contributed by atoms with Gasteiger partial charge in [0.05, 0.1) is 6.20 Å². The monoisotopic (exact) mass is 362 g/mol. The zero-order valence-electron chi connectivity index (χ0n) is 13.6. The molecule has 25 heavy (non-hydrogen) atoms. The highest BCUT2D eigenvalue weighted by atomic mass is 35.5. The van der Waals surface area contributed by atoms with Crippen LogP contribution < -0.4 is 5.32 Å². The highest BCUT2D eigenvalue weighted by Crippen LogP contribution is 2.33. The minimum atomic E-state index is -0.985.